The van der Waals surface area contributed by atoms with Crippen molar-refractivity contribution in [3.05, 3.63) is 53.6 Å². The number of ether oxygens (including phenoxy) is 1. The second kappa shape index (κ2) is 8.93. The Morgan fingerprint density at radius 3 is 2.48 bits per heavy atom. The fourth-order valence-electron chi connectivity index (χ4n) is 4.43. The van der Waals surface area contributed by atoms with Crippen molar-refractivity contribution in [3.63, 3.8) is 0 Å². The van der Waals surface area contributed by atoms with E-state index in [4.69, 9.17) is 4.74 Å². The quantitative estimate of drug-likeness (QED) is 0.633. The maximum atomic E-state index is 11.8. The van der Waals surface area contributed by atoms with Crippen LogP contribution in [-0.4, -0.2) is 44.0 Å². The molecule has 0 bridgehead atoms. The number of anilines is 1. The molecule has 1 aliphatic rings. The lowest BCUT2D eigenvalue weighted by Gasteiger charge is -2.37. The van der Waals surface area contributed by atoms with Crippen molar-refractivity contribution in [1.29, 1.82) is 0 Å². The predicted molar refractivity (Wildman–Crippen MR) is 127 cm³/mol. The molecule has 0 aliphatic carbocycles. The zero-order valence-corrected chi connectivity index (χ0v) is 19.3. The number of benzene rings is 2. The van der Waals surface area contributed by atoms with Crippen LogP contribution in [0.3, 0.4) is 0 Å². The van der Waals surface area contributed by atoms with Crippen LogP contribution in [0.5, 0.6) is 5.75 Å². The summed E-state index contributed by atoms with van der Waals surface area (Å²) in [6.45, 7) is 4.48. The molecule has 3 rings (SSSR count). The first kappa shape index (κ1) is 21.9. The normalized spacial score (nSPS) is 26.5. The Balaban J connectivity index is 2.19. The molecule has 29 heavy (non-hydrogen) atoms. The highest BCUT2D eigenvalue weighted by Crippen LogP contribution is 2.51. The third-order valence-electron chi connectivity index (χ3n) is 6.27. The lowest BCUT2D eigenvalue weighted by Crippen LogP contribution is -2.38. The van der Waals surface area contributed by atoms with Crippen molar-refractivity contribution in [2.75, 3.05) is 31.9 Å². The van der Waals surface area contributed by atoms with Gasteiger partial charge in [-0.15, -0.1) is 0 Å². The van der Waals surface area contributed by atoms with Gasteiger partial charge in [-0.3, -0.25) is 0 Å². The maximum Gasteiger partial charge on any atom is 0.118 e. The van der Waals surface area contributed by atoms with Crippen LogP contribution < -0.4 is 9.64 Å². The van der Waals surface area contributed by atoms with Crippen LogP contribution in [0.2, 0.25) is 0 Å². The number of methoxy groups -OCH3 is 1. The van der Waals surface area contributed by atoms with E-state index in [1.165, 1.54) is 10.5 Å². The van der Waals surface area contributed by atoms with Crippen molar-refractivity contribution in [1.82, 2.24) is 0 Å². The van der Waals surface area contributed by atoms with Gasteiger partial charge >= 0.3 is 0 Å². The summed E-state index contributed by atoms with van der Waals surface area (Å²) in [7, 11) is 5.66. The van der Waals surface area contributed by atoms with Crippen LogP contribution in [0.4, 0.5) is 5.69 Å². The van der Waals surface area contributed by atoms with Gasteiger partial charge in [0.05, 0.1) is 13.2 Å². The molecule has 4 atom stereocenters. The van der Waals surface area contributed by atoms with Crippen LogP contribution in [0.1, 0.15) is 50.2 Å². The summed E-state index contributed by atoms with van der Waals surface area (Å²) in [4.78, 5) is 3.41. The molecule has 158 valence electrons. The van der Waals surface area contributed by atoms with Crippen LogP contribution in [0.15, 0.2) is 47.4 Å². The van der Waals surface area contributed by atoms with E-state index in [0.29, 0.717) is 0 Å². The maximum absolute atomic E-state index is 11.8. The van der Waals surface area contributed by atoms with Gasteiger partial charge in [-0.2, -0.15) is 10.5 Å². The van der Waals surface area contributed by atoms with E-state index < -0.39 is 6.10 Å². The molecule has 0 spiro atoms. The predicted octanol–water partition coefficient (Wildman–Crippen LogP) is 5.52. The molecule has 4 heteroatoms. The van der Waals surface area contributed by atoms with E-state index in [2.05, 4.69) is 69.0 Å². The number of nitrogens with zero attached hydrogens (tertiary/aromatic N) is 1. The third kappa shape index (κ3) is 4.39. The van der Waals surface area contributed by atoms with Crippen LogP contribution in [-0.2, 0) is 0 Å². The van der Waals surface area contributed by atoms with Crippen LogP contribution in [0.25, 0.3) is 0 Å². The number of aliphatic hydroxyl groups is 1. The zero-order chi connectivity index (χ0) is 21.2. The fourth-order valence-corrected chi connectivity index (χ4v) is 6.47. The molecule has 4 unspecified atom stereocenters. The Kier molecular flexibility index (Phi) is 6.75. The monoisotopic (exact) mass is 413 g/mol. The van der Waals surface area contributed by atoms with E-state index in [0.717, 1.165) is 42.0 Å². The fraction of sp³-hybridized carbons (Fsp3) is 0.480. The van der Waals surface area contributed by atoms with Gasteiger partial charge in [-0.25, -0.2) is 0 Å². The summed E-state index contributed by atoms with van der Waals surface area (Å²) in [5.74, 6) is 6.24. The summed E-state index contributed by atoms with van der Waals surface area (Å²) in [6.07, 6.45) is 2.82. The Morgan fingerprint density at radius 2 is 1.90 bits per heavy atom. The average Bonchev–Trinajstić information content (AvgIpc) is 2.79. The first-order valence-corrected chi connectivity index (χ1v) is 12.0. The lowest BCUT2D eigenvalue weighted by molar-refractivity contribution is 0.0336. The first-order chi connectivity index (χ1) is 13.8. The molecular formula is C25H35NO2S. The molecule has 2 aromatic rings. The molecule has 0 radical (unpaired) electrons. The largest absolute Gasteiger partial charge is 0.497 e. The molecule has 3 nitrogen and oxygen atoms in total. The highest BCUT2D eigenvalue weighted by molar-refractivity contribution is 8.14. The molecule has 1 N–H and O–H groups in total. The minimum Gasteiger partial charge on any atom is -0.497 e. The van der Waals surface area contributed by atoms with Crippen LogP contribution in [0, 0.1) is 5.41 Å². The molecule has 0 saturated carbocycles. The molecule has 0 fully saturated rings. The standard InChI is InChI=1S/C25H35NO2S/c1-7-8-15-25(2)17-29(6)22-14-11-19(26(3)4)16-21(22)23(24(25)27)18-9-12-20(28-5)13-10-18/h9-14,16,23-24,27H,6-8,15,17H2,1-5H3. The van der Waals surface area contributed by atoms with E-state index >= 15 is 0 Å². The van der Waals surface area contributed by atoms with Crippen molar-refractivity contribution in [3.8, 4) is 5.75 Å². The summed E-state index contributed by atoms with van der Waals surface area (Å²) < 4.78 is 5.36. The van der Waals surface area contributed by atoms with Gasteiger partial charge in [0, 0.05) is 41.8 Å². The Hall–Kier alpha value is -1.78. The van der Waals surface area contributed by atoms with Gasteiger partial charge < -0.3 is 14.7 Å². The number of rotatable bonds is 6. The number of aliphatic hydroxyl groups excluding tert-OH is 1. The van der Waals surface area contributed by atoms with Gasteiger partial charge in [0.2, 0.25) is 0 Å². The molecule has 2 aromatic carbocycles. The number of hydrogen-bond donors (Lipinski definition) is 1. The van der Waals surface area contributed by atoms with Crippen LogP contribution >= 0.6 is 10.5 Å². The minimum absolute atomic E-state index is 0.0723. The van der Waals surface area contributed by atoms with E-state index in [9.17, 15) is 5.11 Å². The zero-order valence-electron chi connectivity index (χ0n) is 18.4. The molecule has 0 aromatic heterocycles. The lowest BCUT2D eigenvalue weighted by atomic mass is 9.71. The molecule has 0 saturated heterocycles. The van der Waals surface area contributed by atoms with Gasteiger partial charge in [0.1, 0.15) is 5.75 Å². The Labute approximate surface area is 178 Å². The molecular weight excluding hydrogens is 378 g/mol. The summed E-state index contributed by atoms with van der Waals surface area (Å²) in [6, 6.07) is 14.9. The SMILES string of the molecule is C=S1CC(C)(CCCC)C(O)C(c2ccc(OC)cc2)c2cc(N(C)C)ccc21. The van der Waals surface area contributed by atoms with Gasteiger partial charge in [0.25, 0.3) is 0 Å². The summed E-state index contributed by atoms with van der Waals surface area (Å²) in [5.41, 5.74) is 3.34. The summed E-state index contributed by atoms with van der Waals surface area (Å²) in [5, 5.41) is 11.8. The average molecular weight is 414 g/mol. The second-order valence-electron chi connectivity index (χ2n) is 8.71. The van der Waals surface area contributed by atoms with E-state index in [1.807, 2.05) is 12.1 Å². The first-order valence-electron chi connectivity index (χ1n) is 10.4. The Bertz CT molecular complexity index is 862. The van der Waals surface area contributed by atoms with Crippen molar-refractivity contribution >= 4 is 22.0 Å². The van der Waals surface area contributed by atoms with Crippen molar-refractivity contribution in [2.24, 2.45) is 5.41 Å². The summed E-state index contributed by atoms with van der Waals surface area (Å²) >= 11 is 0. The third-order valence-corrected chi connectivity index (χ3v) is 8.27. The number of hydrogen-bond acceptors (Lipinski definition) is 3. The van der Waals surface area contributed by atoms with E-state index in [1.54, 1.807) is 7.11 Å². The highest BCUT2D eigenvalue weighted by Gasteiger charge is 2.43. The molecule has 1 heterocycles. The Morgan fingerprint density at radius 1 is 1.21 bits per heavy atom. The van der Waals surface area contributed by atoms with Gasteiger partial charge in [0.15, 0.2) is 0 Å². The minimum atomic E-state index is -0.460. The highest BCUT2D eigenvalue weighted by atomic mass is 32.2. The molecule has 1 aliphatic heterocycles. The number of fused-ring (bicyclic) bond motifs is 1. The van der Waals surface area contributed by atoms with Gasteiger partial charge in [-0.1, -0.05) is 44.7 Å². The smallest absolute Gasteiger partial charge is 0.118 e. The van der Waals surface area contributed by atoms with Crippen molar-refractivity contribution in [2.45, 2.75) is 50.0 Å². The topological polar surface area (TPSA) is 32.7 Å². The van der Waals surface area contributed by atoms with Crippen molar-refractivity contribution < 1.29 is 9.84 Å². The van der Waals surface area contributed by atoms with Gasteiger partial charge in [-0.05, 0) is 47.9 Å². The second-order valence-corrected chi connectivity index (χ2v) is 10.4. The molecule has 0 amide bonds. The number of unbranched alkanes of at least 4 members (excludes halogenated alkanes) is 1. The van der Waals surface area contributed by atoms with E-state index in [-0.39, 0.29) is 21.8 Å².